The Kier molecular flexibility index (Phi) is 4.44. The van der Waals surface area contributed by atoms with Gasteiger partial charge in [0.25, 0.3) is 0 Å². The minimum absolute atomic E-state index is 0.113. The van der Waals surface area contributed by atoms with E-state index in [9.17, 15) is 8.78 Å². The van der Waals surface area contributed by atoms with Gasteiger partial charge in [-0.15, -0.1) is 11.6 Å². The van der Waals surface area contributed by atoms with Crippen molar-refractivity contribution in [1.29, 1.82) is 0 Å². The molecule has 100 valence electrons. The summed E-state index contributed by atoms with van der Waals surface area (Å²) in [5, 5.41) is 0. The molecule has 2 rings (SSSR count). The highest BCUT2D eigenvalue weighted by atomic mass is 35.5. The Morgan fingerprint density at radius 1 is 1.33 bits per heavy atom. The van der Waals surface area contributed by atoms with Gasteiger partial charge in [-0.3, -0.25) is 0 Å². The molecular weight excluding hydrogens is 256 g/mol. The molecule has 1 aromatic rings. The molecule has 1 aliphatic rings. The van der Waals surface area contributed by atoms with Crippen LogP contribution < -0.4 is 4.90 Å². The van der Waals surface area contributed by atoms with Crippen LogP contribution in [0.15, 0.2) is 12.1 Å². The van der Waals surface area contributed by atoms with Crippen LogP contribution in [0.5, 0.6) is 0 Å². The number of alkyl halides is 1. The van der Waals surface area contributed by atoms with Crippen LogP contribution >= 0.6 is 11.6 Å². The van der Waals surface area contributed by atoms with Gasteiger partial charge >= 0.3 is 0 Å². The average molecular weight is 274 g/mol. The van der Waals surface area contributed by atoms with Crippen LogP contribution in [0, 0.1) is 17.6 Å². The first kappa shape index (κ1) is 13.6. The van der Waals surface area contributed by atoms with Crippen molar-refractivity contribution in [3.8, 4) is 0 Å². The van der Waals surface area contributed by atoms with Gasteiger partial charge in [0, 0.05) is 19.0 Å². The zero-order valence-electron chi connectivity index (χ0n) is 10.6. The van der Waals surface area contributed by atoms with E-state index in [0.717, 1.165) is 32.4 Å². The molecule has 0 N–H and O–H groups in total. The number of hydrogen-bond acceptors (Lipinski definition) is 1. The fraction of sp³-hybridized carbons (Fsp3) is 0.571. The second kappa shape index (κ2) is 5.87. The van der Waals surface area contributed by atoms with E-state index < -0.39 is 11.6 Å². The van der Waals surface area contributed by atoms with Crippen molar-refractivity contribution in [2.75, 3.05) is 18.0 Å². The maximum Gasteiger partial charge on any atom is 0.149 e. The van der Waals surface area contributed by atoms with Crippen LogP contribution in [0.1, 0.15) is 31.7 Å². The molecule has 4 heteroatoms. The van der Waals surface area contributed by atoms with Gasteiger partial charge < -0.3 is 4.90 Å². The van der Waals surface area contributed by atoms with E-state index in [1.807, 2.05) is 4.90 Å². The van der Waals surface area contributed by atoms with Crippen molar-refractivity contribution in [3.63, 3.8) is 0 Å². The fourth-order valence-electron chi connectivity index (χ4n) is 2.68. The minimum atomic E-state index is -0.497. The molecule has 0 radical (unpaired) electrons. The number of benzene rings is 1. The second-order valence-corrected chi connectivity index (χ2v) is 5.20. The van der Waals surface area contributed by atoms with Crippen molar-refractivity contribution in [1.82, 2.24) is 0 Å². The molecule has 0 bridgehead atoms. The van der Waals surface area contributed by atoms with E-state index in [1.54, 1.807) is 0 Å². The molecule has 1 heterocycles. The van der Waals surface area contributed by atoms with E-state index in [0.29, 0.717) is 11.5 Å². The van der Waals surface area contributed by atoms with Gasteiger partial charge in [-0.05, 0) is 36.5 Å². The summed E-state index contributed by atoms with van der Waals surface area (Å²) in [6.45, 7) is 3.62. The summed E-state index contributed by atoms with van der Waals surface area (Å²) in [7, 11) is 0. The highest BCUT2D eigenvalue weighted by Crippen LogP contribution is 2.31. The molecular formula is C14H18ClF2N. The molecule has 1 saturated heterocycles. The summed E-state index contributed by atoms with van der Waals surface area (Å²) in [6, 6.07) is 2.66. The van der Waals surface area contributed by atoms with Gasteiger partial charge in [0.05, 0.1) is 0 Å². The fourth-order valence-corrected chi connectivity index (χ4v) is 2.83. The lowest BCUT2D eigenvalue weighted by Crippen LogP contribution is -2.22. The largest absolute Gasteiger partial charge is 0.367 e. The summed E-state index contributed by atoms with van der Waals surface area (Å²) >= 11 is 5.60. The maximum absolute atomic E-state index is 13.9. The summed E-state index contributed by atoms with van der Waals surface area (Å²) < 4.78 is 27.8. The van der Waals surface area contributed by atoms with E-state index in [4.69, 9.17) is 11.6 Å². The summed E-state index contributed by atoms with van der Waals surface area (Å²) in [5.74, 6) is -0.306. The third-order valence-electron chi connectivity index (χ3n) is 3.53. The Bertz CT molecular complexity index is 399. The van der Waals surface area contributed by atoms with Gasteiger partial charge in [-0.2, -0.15) is 0 Å². The molecule has 1 aliphatic heterocycles. The summed E-state index contributed by atoms with van der Waals surface area (Å²) in [4.78, 5) is 1.82. The first-order chi connectivity index (χ1) is 8.65. The normalized spacial score (nSPS) is 19.6. The molecule has 1 nitrogen and oxygen atoms in total. The zero-order chi connectivity index (χ0) is 13.1. The van der Waals surface area contributed by atoms with E-state index >= 15 is 0 Å². The number of halogens is 3. The molecule has 0 aliphatic carbocycles. The smallest absolute Gasteiger partial charge is 0.149 e. The van der Waals surface area contributed by atoms with E-state index in [-0.39, 0.29) is 11.6 Å². The SMILES string of the molecule is CCCC1CCN(c2c(F)cc(CCl)cc2F)C1. The lowest BCUT2D eigenvalue weighted by molar-refractivity contribution is 0.526. The quantitative estimate of drug-likeness (QED) is 0.738. The lowest BCUT2D eigenvalue weighted by Gasteiger charge is -2.20. The van der Waals surface area contributed by atoms with Crippen LogP contribution in [0.25, 0.3) is 0 Å². The molecule has 0 saturated carbocycles. The minimum Gasteiger partial charge on any atom is -0.367 e. The number of rotatable bonds is 4. The van der Waals surface area contributed by atoms with Gasteiger partial charge in [-0.25, -0.2) is 8.78 Å². The van der Waals surface area contributed by atoms with Crippen LogP contribution in [0.3, 0.4) is 0 Å². The first-order valence-corrected chi connectivity index (χ1v) is 6.98. The summed E-state index contributed by atoms with van der Waals surface area (Å²) in [6.07, 6.45) is 3.26. The van der Waals surface area contributed by atoms with Crippen molar-refractivity contribution in [2.45, 2.75) is 32.1 Å². The summed E-state index contributed by atoms with van der Waals surface area (Å²) in [5.41, 5.74) is 0.599. The molecule has 1 unspecified atom stereocenters. The molecule has 1 aromatic carbocycles. The number of anilines is 1. The molecule has 0 aromatic heterocycles. The molecule has 1 atom stereocenters. The van der Waals surface area contributed by atoms with Gasteiger partial charge in [0.15, 0.2) is 0 Å². The Morgan fingerprint density at radius 2 is 2.00 bits per heavy atom. The monoisotopic (exact) mass is 273 g/mol. The predicted molar refractivity (Wildman–Crippen MR) is 71.1 cm³/mol. The highest BCUT2D eigenvalue weighted by Gasteiger charge is 2.26. The van der Waals surface area contributed by atoms with Crippen LogP contribution in [0.4, 0.5) is 14.5 Å². The number of nitrogens with zero attached hydrogens (tertiary/aromatic N) is 1. The van der Waals surface area contributed by atoms with E-state index in [1.165, 1.54) is 12.1 Å². The maximum atomic E-state index is 13.9. The topological polar surface area (TPSA) is 3.24 Å². The van der Waals surface area contributed by atoms with E-state index in [2.05, 4.69) is 6.92 Å². The zero-order valence-corrected chi connectivity index (χ0v) is 11.3. The van der Waals surface area contributed by atoms with Crippen molar-refractivity contribution >= 4 is 17.3 Å². The van der Waals surface area contributed by atoms with Gasteiger partial charge in [-0.1, -0.05) is 13.3 Å². The highest BCUT2D eigenvalue weighted by molar-refractivity contribution is 6.17. The number of hydrogen-bond donors (Lipinski definition) is 0. The predicted octanol–water partition coefficient (Wildman–Crippen LogP) is 4.33. The molecule has 0 amide bonds. The molecule has 0 spiro atoms. The Balaban J connectivity index is 2.19. The Morgan fingerprint density at radius 3 is 2.56 bits per heavy atom. The third kappa shape index (κ3) is 2.77. The Hall–Kier alpha value is -0.830. The van der Waals surface area contributed by atoms with Crippen molar-refractivity contribution < 1.29 is 8.78 Å². The third-order valence-corrected chi connectivity index (χ3v) is 3.84. The molecule has 1 fully saturated rings. The van der Waals surface area contributed by atoms with Crippen molar-refractivity contribution in [3.05, 3.63) is 29.3 Å². The van der Waals surface area contributed by atoms with Gasteiger partial charge in [0.1, 0.15) is 17.3 Å². The molecule has 18 heavy (non-hydrogen) atoms. The van der Waals surface area contributed by atoms with Gasteiger partial charge in [0.2, 0.25) is 0 Å². The van der Waals surface area contributed by atoms with Crippen LogP contribution in [-0.2, 0) is 5.88 Å². The Labute approximate surface area is 112 Å². The van der Waals surface area contributed by atoms with Crippen LogP contribution in [0.2, 0.25) is 0 Å². The first-order valence-electron chi connectivity index (χ1n) is 6.44. The van der Waals surface area contributed by atoms with Crippen LogP contribution in [-0.4, -0.2) is 13.1 Å². The standard InChI is InChI=1S/C14H18ClF2N/c1-2-3-10-4-5-18(9-10)14-12(16)6-11(8-15)7-13(14)17/h6-7,10H,2-5,8-9H2,1H3. The van der Waals surface area contributed by atoms with Crippen molar-refractivity contribution in [2.24, 2.45) is 5.92 Å². The lowest BCUT2D eigenvalue weighted by atomic mass is 10.0. The second-order valence-electron chi connectivity index (χ2n) is 4.93. The average Bonchev–Trinajstić information content (AvgIpc) is 2.77.